The Hall–Kier alpha value is -2.62. The van der Waals surface area contributed by atoms with Gasteiger partial charge in [0, 0.05) is 28.7 Å². The van der Waals surface area contributed by atoms with Crippen molar-refractivity contribution in [2.75, 3.05) is 0 Å². The second-order valence-corrected chi connectivity index (χ2v) is 6.65. The summed E-state index contributed by atoms with van der Waals surface area (Å²) in [4.78, 5) is 12.5. The lowest BCUT2D eigenvalue weighted by Gasteiger charge is -2.31. The summed E-state index contributed by atoms with van der Waals surface area (Å²) in [6.07, 6.45) is 6.57. The number of nitrogens with one attached hydrogen (secondary N) is 1. The van der Waals surface area contributed by atoms with Gasteiger partial charge in [-0.3, -0.25) is 4.79 Å². The van der Waals surface area contributed by atoms with Crippen LogP contribution in [0.5, 0.6) is 0 Å². The maximum Gasteiger partial charge on any atom is 0.273 e. The van der Waals surface area contributed by atoms with Crippen molar-refractivity contribution in [2.45, 2.75) is 26.7 Å². The third-order valence-electron chi connectivity index (χ3n) is 5.14. The normalized spacial score (nSPS) is 23.2. The van der Waals surface area contributed by atoms with Gasteiger partial charge in [-0.1, -0.05) is 30.4 Å². The molecule has 0 aliphatic heterocycles. The number of rotatable bonds is 3. The molecule has 1 saturated carbocycles. The average Bonchev–Trinajstić information content (AvgIpc) is 3.08. The number of hydrazone groups is 1. The lowest BCUT2D eigenvalue weighted by molar-refractivity contribution is 0.0953. The lowest BCUT2D eigenvalue weighted by Crippen LogP contribution is -2.35. The van der Waals surface area contributed by atoms with E-state index in [4.69, 9.17) is 0 Å². The fourth-order valence-electron chi connectivity index (χ4n) is 3.81. The Morgan fingerprint density at radius 1 is 1.25 bits per heavy atom. The van der Waals surface area contributed by atoms with Gasteiger partial charge in [0.2, 0.25) is 0 Å². The molecule has 24 heavy (non-hydrogen) atoms. The van der Waals surface area contributed by atoms with Crippen molar-refractivity contribution in [1.29, 1.82) is 0 Å². The molecule has 2 aromatic rings. The summed E-state index contributed by atoms with van der Waals surface area (Å²) in [5, 5.41) is 4.36. The molecule has 2 aliphatic rings. The van der Waals surface area contributed by atoms with Gasteiger partial charge in [0.15, 0.2) is 0 Å². The first kappa shape index (κ1) is 14.9. The minimum absolute atomic E-state index is 0.136. The maximum absolute atomic E-state index is 12.5. The minimum atomic E-state index is -0.136. The van der Waals surface area contributed by atoms with E-state index >= 15 is 0 Å². The Kier molecular flexibility index (Phi) is 3.60. The Balaban J connectivity index is 1.55. The highest BCUT2D eigenvalue weighted by molar-refractivity contribution is 5.99. The van der Waals surface area contributed by atoms with Gasteiger partial charge < -0.3 is 4.57 Å². The topological polar surface area (TPSA) is 46.4 Å². The van der Waals surface area contributed by atoms with Crippen LogP contribution >= 0.6 is 0 Å². The van der Waals surface area contributed by atoms with E-state index in [1.54, 1.807) is 0 Å². The van der Waals surface area contributed by atoms with Gasteiger partial charge >= 0.3 is 0 Å². The van der Waals surface area contributed by atoms with Crippen LogP contribution in [0.1, 0.15) is 34.6 Å². The molecular weight excluding hydrogens is 298 g/mol. The smallest absolute Gasteiger partial charge is 0.273 e. The van der Waals surface area contributed by atoms with E-state index in [1.807, 2.05) is 50.2 Å². The van der Waals surface area contributed by atoms with Crippen molar-refractivity contribution in [3.63, 3.8) is 0 Å². The number of carbonyl (C=O) groups excluding carboxylic acids is 1. The van der Waals surface area contributed by atoms with Gasteiger partial charge in [-0.05, 0) is 50.8 Å². The van der Waals surface area contributed by atoms with E-state index in [-0.39, 0.29) is 5.91 Å². The zero-order chi connectivity index (χ0) is 16.7. The Morgan fingerprint density at radius 2 is 2.04 bits per heavy atom. The summed E-state index contributed by atoms with van der Waals surface area (Å²) >= 11 is 0. The van der Waals surface area contributed by atoms with Crippen molar-refractivity contribution in [3.8, 4) is 5.69 Å². The molecule has 2 unspecified atom stereocenters. The third-order valence-corrected chi connectivity index (χ3v) is 5.14. The van der Waals surface area contributed by atoms with E-state index in [1.165, 1.54) is 0 Å². The monoisotopic (exact) mass is 319 g/mol. The van der Waals surface area contributed by atoms with Crippen molar-refractivity contribution >= 4 is 11.6 Å². The molecule has 4 rings (SSSR count). The SMILES string of the molecule is Cc1cc(C(=O)NN=C2CC3CC=CC23)c(C)n1-c1ccccc1. The predicted octanol–water partition coefficient (Wildman–Crippen LogP) is 3.78. The number of nitrogens with zero attached hydrogens (tertiary/aromatic N) is 2. The highest BCUT2D eigenvalue weighted by atomic mass is 16.2. The van der Waals surface area contributed by atoms with Crippen LogP contribution in [-0.2, 0) is 0 Å². The Morgan fingerprint density at radius 3 is 2.79 bits per heavy atom. The largest absolute Gasteiger partial charge is 0.318 e. The number of hydrogen-bond donors (Lipinski definition) is 1. The molecule has 0 bridgehead atoms. The quantitative estimate of drug-likeness (QED) is 0.679. The summed E-state index contributed by atoms with van der Waals surface area (Å²) < 4.78 is 2.10. The van der Waals surface area contributed by atoms with E-state index in [0.29, 0.717) is 17.4 Å². The van der Waals surface area contributed by atoms with Crippen LogP contribution in [0.3, 0.4) is 0 Å². The molecule has 1 aromatic carbocycles. The molecule has 1 aromatic heterocycles. The van der Waals surface area contributed by atoms with Gasteiger partial charge in [0.05, 0.1) is 5.56 Å². The minimum Gasteiger partial charge on any atom is -0.318 e. The predicted molar refractivity (Wildman–Crippen MR) is 95.5 cm³/mol. The number of aromatic nitrogens is 1. The standard InChI is InChI=1S/C20H21N3O/c1-13-11-18(14(2)23(13)16-8-4-3-5-9-16)20(24)22-21-19-12-15-7-6-10-17(15)19/h3-6,8-11,15,17H,7,12H2,1-2H3,(H,22,24). The fourth-order valence-corrected chi connectivity index (χ4v) is 3.81. The van der Waals surface area contributed by atoms with Gasteiger partial charge in [-0.15, -0.1) is 0 Å². The molecule has 2 aliphatic carbocycles. The highest BCUT2D eigenvalue weighted by Gasteiger charge is 2.38. The van der Waals surface area contributed by atoms with Crippen LogP contribution in [0, 0.1) is 25.7 Å². The molecule has 1 heterocycles. The van der Waals surface area contributed by atoms with Crippen LogP contribution in [-0.4, -0.2) is 16.2 Å². The third kappa shape index (κ3) is 2.39. The van der Waals surface area contributed by atoms with E-state index < -0.39 is 0 Å². The van der Waals surface area contributed by atoms with Crippen LogP contribution in [0.25, 0.3) is 5.69 Å². The molecule has 0 radical (unpaired) electrons. The number of amides is 1. The molecule has 4 nitrogen and oxygen atoms in total. The highest BCUT2D eigenvalue weighted by Crippen LogP contribution is 2.40. The Labute approximate surface area is 141 Å². The second-order valence-electron chi connectivity index (χ2n) is 6.65. The van der Waals surface area contributed by atoms with Crippen LogP contribution < -0.4 is 5.43 Å². The summed E-state index contributed by atoms with van der Waals surface area (Å²) in [5.41, 5.74) is 7.56. The number of benzene rings is 1. The second kappa shape index (κ2) is 5.78. The molecule has 122 valence electrons. The summed E-state index contributed by atoms with van der Waals surface area (Å²) in [5.74, 6) is 1.02. The van der Waals surface area contributed by atoms with Crippen LogP contribution in [0.4, 0.5) is 0 Å². The van der Waals surface area contributed by atoms with Crippen LogP contribution in [0.2, 0.25) is 0 Å². The molecule has 1 fully saturated rings. The molecule has 0 saturated heterocycles. The number of para-hydroxylation sites is 1. The molecular formula is C20H21N3O. The fraction of sp³-hybridized carbons (Fsp3) is 0.300. The first-order valence-electron chi connectivity index (χ1n) is 8.43. The van der Waals surface area contributed by atoms with Gasteiger partial charge in [0.25, 0.3) is 5.91 Å². The lowest BCUT2D eigenvalue weighted by atomic mass is 9.74. The number of allylic oxidation sites excluding steroid dienone is 2. The van der Waals surface area contributed by atoms with E-state index in [0.717, 1.165) is 35.6 Å². The number of carbonyl (C=O) groups is 1. The summed E-state index contributed by atoms with van der Waals surface area (Å²) in [6, 6.07) is 12.0. The van der Waals surface area contributed by atoms with Gasteiger partial charge in [-0.2, -0.15) is 5.10 Å². The van der Waals surface area contributed by atoms with Crippen molar-refractivity contribution in [1.82, 2.24) is 9.99 Å². The number of fused-ring (bicyclic) bond motifs is 1. The number of aryl methyl sites for hydroxylation is 1. The Bertz CT molecular complexity index is 845. The molecule has 2 atom stereocenters. The number of hydrogen-bond acceptors (Lipinski definition) is 2. The maximum atomic E-state index is 12.5. The molecule has 1 N–H and O–H groups in total. The zero-order valence-corrected chi connectivity index (χ0v) is 14.0. The first-order valence-corrected chi connectivity index (χ1v) is 8.43. The van der Waals surface area contributed by atoms with E-state index in [2.05, 4.69) is 27.2 Å². The molecule has 1 amide bonds. The van der Waals surface area contributed by atoms with Gasteiger partial charge in [0.1, 0.15) is 0 Å². The van der Waals surface area contributed by atoms with Crippen LogP contribution in [0.15, 0.2) is 53.7 Å². The van der Waals surface area contributed by atoms with Crippen molar-refractivity contribution in [2.24, 2.45) is 16.9 Å². The zero-order valence-electron chi connectivity index (χ0n) is 14.0. The first-order chi connectivity index (χ1) is 11.6. The summed E-state index contributed by atoms with van der Waals surface area (Å²) in [6.45, 7) is 3.99. The van der Waals surface area contributed by atoms with E-state index in [9.17, 15) is 4.79 Å². The average molecular weight is 319 g/mol. The molecule has 0 spiro atoms. The molecule has 4 heteroatoms. The summed E-state index contributed by atoms with van der Waals surface area (Å²) in [7, 11) is 0. The van der Waals surface area contributed by atoms with Gasteiger partial charge in [-0.25, -0.2) is 5.43 Å². The van der Waals surface area contributed by atoms with Crippen molar-refractivity contribution in [3.05, 3.63) is 65.5 Å². The van der Waals surface area contributed by atoms with Crippen molar-refractivity contribution < 1.29 is 4.79 Å².